The Morgan fingerprint density at radius 1 is 1.27 bits per heavy atom. The second-order valence-corrected chi connectivity index (χ2v) is 6.96. The lowest BCUT2D eigenvalue weighted by molar-refractivity contribution is -0.140. The number of carbonyl (C=O) groups is 2. The normalized spacial score (nSPS) is 18.9. The van der Waals surface area contributed by atoms with Crippen LogP contribution in [0.4, 0.5) is 0 Å². The lowest BCUT2D eigenvalue weighted by atomic mass is 9.87. The van der Waals surface area contributed by atoms with E-state index in [4.69, 9.17) is 4.74 Å². The van der Waals surface area contributed by atoms with Gasteiger partial charge in [-0.05, 0) is 30.5 Å². The summed E-state index contributed by atoms with van der Waals surface area (Å²) in [6, 6.07) is 7.56. The molecule has 1 aliphatic heterocycles. The Labute approximate surface area is 132 Å². The first-order valence-electron chi connectivity index (χ1n) is 7.80. The Hall–Kier alpha value is -1.84. The zero-order chi connectivity index (χ0) is 16.3. The van der Waals surface area contributed by atoms with Crippen molar-refractivity contribution in [3.63, 3.8) is 0 Å². The van der Waals surface area contributed by atoms with Crippen molar-refractivity contribution >= 4 is 11.9 Å². The van der Waals surface area contributed by atoms with Crippen LogP contribution in [-0.2, 0) is 9.53 Å². The van der Waals surface area contributed by atoms with E-state index in [1.807, 2.05) is 43.9 Å². The molecule has 4 heteroatoms. The lowest BCUT2D eigenvalue weighted by Gasteiger charge is -2.36. The van der Waals surface area contributed by atoms with E-state index in [1.165, 1.54) is 7.11 Å². The number of benzene rings is 1. The molecule has 1 aliphatic rings. The van der Waals surface area contributed by atoms with Gasteiger partial charge in [-0.1, -0.05) is 32.9 Å². The number of carbonyl (C=O) groups excluding carboxylic acids is 2. The number of amides is 1. The van der Waals surface area contributed by atoms with Crippen molar-refractivity contribution in [2.24, 2.45) is 5.41 Å². The first kappa shape index (κ1) is 16.5. The highest BCUT2D eigenvalue weighted by molar-refractivity contribution is 5.89. The monoisotopic (exact) mass is 303 g/mol. The molecule has 1 fully saturated rings. The summed E-state index contributed by atoms with van der Waals surface area (Å²) in [7, 11) is 1.39. The van der Waals surface area contributed by atoms with Gasteiger partial charge in [-0.25, -0.2) is 4.79 Å². The molecule has 1 amide bonds. The molecule has 0 spiro atoms. The Morgan fingerprint density at radius 3 is 2.64 bits per heavy atom. The fraction of sp³-hybridized carbons (Fsp3) is 0.556. The molecule has 22 heavy (non-hydrogen) atoms. The van der Waals surface area contributed by atoms with E-state index < -0.39 is 0 Å². The van der Waals surface area contributed by atoms with Gasteiger partial charge in [0, 0.05) is 24.4 Å². The Kier molecular flexibility index (Phi) is 4.89. The van der Waals surface area contributed by atoms with Gasteiger partial charge in [-0.2, -0.15) is 0 Å². The van der Waals surface area contributed by atoms with E-state index in [-0.39, 0.29) is 23.2 Å². The van der Waals surface area contributed by atoms with Crippen LogP contribution in [0.3, 0.4) is 0 Å². The number of hydrogen-bond donors (Lipinski definition) is 0. The van der Waals surface area contributed by atoms with Crippen molar-refractivity contribution in [3.05, 3.63) is 35.4 Å². The third-order valence-electron chi connectivity index (χ3n) is 4.13. The summed E-state index contributed by atoms with van der Waals surface area (Å²) in [5, 5.41) is 0. The average molecular weight is 303 g/mol. The van der Waals surface area contributed by atoms with Crippen molar-refractivity contribution in [1.82, 2.24) is 4.90 Å². The first-order valence-corrected chi connectivity index (χ1v) is 7.80. The van der Waals surface area contributed by atoms with Crippen LogP contribution in [-0.4, -0.2) is 37.0 Å². The minimum Gasteiger partial charge on any atom is -0.465 e. The van der Waals surface area contributed by atoms with Gasteiger partial charge >= 0.3 is 5.97 Å². The van der Waals surface area contributed by atoms with Crippen LogP contribution in [0.25, 0.3) is 0 Å². The summed E-state index contributed by atoms with van der Waals surface area (Å²) in [6.45, 7) is 7.41. The number of hydrogen-bond acceptors (Lipinski definition) is 3. The van der Waals surface area contributed by atoms with E-state index in [9.17, 15) is 9.59 Å². The molecule has 0 radical (unpaired) electrons. The van der Waals surface area contributed by atoms with Crippen molar-refractivity contribution in [2.75, 3.05) is 20.2 Å². The van der Waals surface area contributed by atoms with Crippen molar-refractivity contribution in [3.8, 4) is 0 Å². The standard InChI is InChI=1S/C18H25NO3/c1-18(2,3)17(21)19-10-6-9-15(12-19)13-7-5-8-14(11-13)16(20)22-4/h5,7-8,11,15H,6,9-10,12H2,1-4H3/t15-/m1/s1. The summed E-state index contributed by atoms with van der Waals surface area (Å²) >= 11 is 0. The molecule has 1 heterocycles. The van der Waals surface area contributed by atoms with E-state index >= 15 is 0 Å². The predicted molar refractivity (Wildman–Crippen MR) is 85.8 cm³/mol. The lowest BCUT2D eigenvalue weighted by Crippen LogP contribution is -2.44. The highest BCUT2D eigenvalue weighted by Gasteiger charge is 2.31. The summed E-state index contributed by atoms with van der Waals surface area (Å²) in [5.74, 6) is 0.159. The average Bonchev–Trinajstić information content (AvgIpc) is 2.52. The van der Waals surface area contributed by atoms with Crippen molar-refractivity contribution < 1.29 is 14.3 Å². The maximum absolute atomic E-state index is 12.5. The number of ether oxygens (including phenoxy) is 1. The zero-order valence-corrected chi connectivity index (χ0v) is 13.9. The number of likely N-dealkylation sites (tertiary alicyclic amines) is 1. The fourth-order valence-electron chi connectivity index (χ4n) is 2.95. The molecule has 120 valence electrons. The Morgan fingerprint density at radius 2 is 2.00 bits per heavy atom. The Bertz CT molecular complexity index is 560. The second-order valence-electron chi connectivity index (χ2n) is 6.96. The fourth-order valence-corrected chi connectivity index (χ4v) is 2.95. The van der Waals surface area contributed by atoms with E-state index in [0.717, 1.165) is 31.5 Å². The maximum Gasteiger partial charge on any atom is 0.337 e. The molecule has 1 aromatic carbocycles. The molecule has 1 aromatic rings. The number of rotatable bonds is 2. The van der Waals surface area contributed by atoms with Crippen LogP contribution >= 0.6 is 0 Å². The van der Waals surface area contributed by atoms with E-state index in [0.29, 0.717) is 5.56 Å². The van der Waals surface area contributed by atoms with Crippen LogP contribution < -0.4 is 0 Å². The molecule has 0 unspecified atom stereocenters. The van der Waals surface area contributed by atoms with Gasteiger partial charge < -0.3 is 9.64 Å². The van der Waals surface area contributed by atoms with Crippen LogP contribution in [0.15, 0.2) is 24.3 Å². The Balaban J connectivity index is 2.16. The van der Waals surface area contributed by atoms with Crippen LogP contribution in [0, 0.1) is 5.41 Å². The summed E-state index contributed by atoms with van der Waals surface area (Å²) < 4.78 is 4.78. The van der Waals surface area contributed by atoms with Gasteiger partial charge in [0.1, 0.15) is 0 Å². The predicted octanol–water partition coefficient (Wildman–Crippen LogP) is 3.23. The highest BCUT2D eigenvalue weighted by Crippen LogP contribution is 2.30. The van der Waals surface area contributed by atoms with Gasteiger partial charge in [0.15, 0.2) is 0 Å². The molecule has 0 aromatic heterocycles. The van der Waals surface area contributed by atoms with Crippen LogP contribution in [0.1, 0.15) is 55.5 Å². The number of piperidine rings is 1. The summed E-state index contributed by atoms with van der Waals surface area (Å²) in [5.41, 5.74) is 1.32. The molecule has 4 nitrogen and oxygen atoms in total. The first-order chi connectivity index (χ1) is 10.3. The molecule has 0 N–H and O–H groups in total. The quantitative estimate of drug-likeness (QED) is 0.788. The summed E-state index contributed by atoms with van der Waals surface area (Å²) in [4.78, 5) is 26.1. The number of nitrogens with zero attached hydrogens (tertiary/aromatic N) is 1. The molecule has 1 saturated heterocycles. The largest absolute Gasteiger partial charge is 0.465 e. The summed E-state index contributed by atoms with van der Waals surface area (Å²) in [6.07, 6.45) is 2.04. The van der Waals surface area contributed by atoms with Gasteiger partial charge in [-0.3, -0.25) is 4.79 Å². The van der Waals surface area contributed by atoms with Crippen molar-refractivity contribution in [2.45, 2.75) is 39.5 Å². The van der Waals surface area contributed by atoms with Gasteiger partial charge in [0.2, 0.25) is 5.91 Å². The highest BCUT2D eigenvalue weighted by atomic mass is 16.5. The van der Waals surface area contributed by atoms with Crippen LogP contribution in [0.2, 0.25) is 0 Å². The van der Waals surface area contributed by atoms with Gasteiger partial charge in [-0.15, -0.1) is 0 Å². The second kappa shape index (κ2) is 6.51. The zero-order valence-electron chi connectivity index (χ0n) is 13.9. The van der Waals surface area contributed by atoms with Gasteiger partial charge in [0.25, 0.3) is 0 Å². The third kappa shape index (κ3) is 3.67. The minimum absolute atomic E-state index is 0.196. The molecular formula is C18H25NO3. The minimum atomic E-state index is -0.351. The maximum atomic E-state index is 12.5. The third-order valence-corrected chi connectivity index (χ3v) is 4.13. The number of methoxy groups -OCH3 is 1. The molecule has 1 atom stereocenters. The van der Waals surface area contributed by atoms with E-state index in [2.05, 4.69) is 0 Å². The molecule has 2 rings (SSSR count). The smallest absolute Gasteiger partial charge is 0.337 e. The van der Waals surface area contributed by atoms with Crippen molar-refractivity contribution in [1.29, 1.82) is 0 Å². The number of esters is 1. The molecule has 0 aliphatic carbocycles. The topological polar surface area (TPSA) is 46.6 Å². The molecule has 0 bridgehead atoms. The van der Waals surface area contributed by atoms with Crippen LogP contribution in [0.5, 0.6) is 0 Å². The molecular weight excluding hydrogens is 278 g/mol. The van der Waals surface area contributed by atoms with E-state index in [1.54, 1.807) is 6.07 Å². The molecule has 0 saturated carbocycles. The van der Waals surface area contributed by atoms with Gasteiger partial charge in [0.05, 0.1) is 12.7 Å². The SMILES string of the molecule is COC(=O)c1cccc([C@@H]2CCCN(C(=O)C(C)(C)C)C2)c1.